The number of carbonyl (C=O) groups is 3. The third-order valence-corrected chi connectivity index (χ3v) is 3.42. The fourth-order valence-electron chi connectivity index (χ4n) is 2.34. The van der Waals surface area contributed by atoms with Gasteiger partial charge in [-0.25, -0.2) is 0 Å². The summed E-state index contributed by atoms with van der Waals surface area (Å²) in [7, 11) is 2.46. The zero-order valence-electron chi connectivity index (χ0n) is 10.9. The molecule has 0 aliphatic heterocycles. The Bertz CT molecular complexity index is 307. The summed E-state index contributed by atoms with van der Waals surface area (Å²) >= 11 is 0. The molecule has 5 nitrogen and oxygen atoms in total. The second kappa shape index (κ2) is 7.13. The Hall–Kier alpha value is -1.39. The van der Waals surface area contributed by atoms with Gasteiger partial charge in [0.15, 0.2) is 5.92 Å². The van der Waals surface area contributed by atoms with Crippen molar-refractivity contribution in [3.8, 4) is 0 Å². The van der Waals surface area contributed by atoms with Crippen molar-refractivity contribution in [1.82, 2.24) is 0 Å². The SMILES string of the molecule is COC(=O)C(CC1CCCCCC1=O)C(=O)OC. The quantitative estimate of drug-likeness (QED) is 0.433. The minimum absolute atomic E-state index is 0.144. The van der Waals surface area contributed by atoms with Crippen molar-refractivity contribution in [2.24, 2.45) is 11.8 Å². The fourth-order valence-corrected chi connectivity index (χ4v) is 2.34. The number of ketones is 1. The molecule has 0 heterocycles. The van der Waals surface area contributed by atoms with Crippen molar-refractivity contribution in [3.63, 3.8) is 0 Å². The fraction of sp³-hybridized carbons (Fsp3) is 0.769. The van der Waals surface area contributed by atoms with Crippen molar-refractivity contribution in [1.29, 1.82) is 0 Å². The molecule has 0 aromatic heterocycles. The Morgan fingerprint density at radius 2 is 1.78 bits per heavy atom. The third-order valence-electron chi connectivity index (χ3n) is 3.42. The summed E-state index contributed by atoms with van der Waals surface area (Å²) in [6.07, 6.45) is 4.38. The van der Waals surface area contributed by atoms with Gasteiger partial charge in [0.25, 0.3) is 0 Å². The summed E-state index contributed by atoms with van der Waals surface area (Å²) in [4.78, 5) is 35.0. The van der Waals surface area contributed by atoms with E-state index in [0.717, 1.165) is 25.7 Å². The van der Waals surface area contributed by atoms with Gasteiger partial charge in [-0.2, -0.15) is 0 Å². The van der Waals surface area contributed by atoms with Crippen molar-refractivity contribution in [3.05, 3.63) is 0 Å². The van der Waals surface area contributed by atoms with E-state index in [2.05, 4.69) is 9.47 Å². The van der Waals surface area contributed by atoms with Crippen LogP contribution in [0.5, 0.6) is 0 Å². The van der Waals surface area contributed by atoms with Gasteiger partial charge in [0.1, 0.15) is 5.78 Å². The highest BCUT2D eigenvalue weighted by Gasteiger charge is 2.34. The molecule has 1 rings (SSSR count). The minimum atomic E-state index is -0.980. The Morgan fingerprint density at radius 3 is 2.33 bits per heavy atom. The third kappa shape index (κ3) is 3.82. The Balaban J connectivity index is 2.72. The van der Waals surface area contributed by atoms with Gasteiger partial charge in [0.2, 0.25) is 0 Å². The molecule has 0 aromatic rings. The molecule has 1 fully saturated rings. The van der Waals surface area contributed by atoms with Gasteiger partial charge >= 0.3 is 11.9 Å². The topological polar surface area (TPSA) is 69.7 Å². The lowest BCUT2D eigenvalue weighted by molar-refractivity contribution is -0.159. The lowest BCUT2D eigenvalue weighted by atomic mass is 9.88. The van der Waals surface area contributed by atoms with E-state index < -0.39 is 17.9 Å². The van der Waals surface area contributed by atoms with Gasteiger partial charge in [-0.05, 0) is 19.3 Å². The normalized spacial score (nSPS) is 20.4. The number of Topliss-reactive ketones (excluding diaryl/α,β-unsaturated/α-hetero) is 1. The first-order chi connectivity index (χ1) is 8.60. The largest absolute Gasteiger partial charge is 0.468 e. The summed E-state index contributed by atoms with van der Waals surface area (Å²) in [6, 6.07) is 0. The van der Waals surface area contributed by atoms with Crippen LogP contribution in [0.1, 0.15) is 38.5 Å². The van der Waals surface area contributed by atoms with Crippen molar-refractivity contribution >= 4 is 17.7 Å². The average Bonchev–Trinajstić information content (AvgIpc) is 2.59. The van der Waals surface area contributed by atoms with Crippen molar-refractivity contribution in [2.75, 3.05) is 14.2 Å². The first-order valence-corrected chi connectivity index (χ1v) is 6.28. The maximum absolute atomic E-state index is 11.9. The van der Waals surface area contributed by atoms with E-state index in [9.17, 15) is 14.4 Å². The molecule has 0 aromatic carbocycles. The van der Waals surface area contributed by atoms with E-state index in [4.69, 9.17) is 0 Å². The van der Waals surface area contributed by atoms with Gasteiger partial charge in [-0.1, -0.05) is 12.8 Å². The molecule has 0 spiro atoms. The molecule has 0 saturated heterocycles. The maximum Gasteiger partial charge on any atom is 0.320 e. The zero-order chi connectivity index (χ0) is 13.5. The molecule has 0 amide bonds. The second-order valence-electron chi connectivity index (χ2n) is 4.60. The molecule has 18 heavy (non-hydrogen) atoms. The maximum atomic E-state index is 11.9. The molecule has 1 aliphatic rings. The Labute approximate surface area is 107 Å². The van der Waals surface area contributed by atoms with E-state index in [1.54, 1.807) is 0 Å². The minimum Gasteiger partial charge on any atom is -0.468 e. The first-order valence-electron chi connectivity index (χ1n) is 6.28. The van der Waals surface area contributed by atoms with Crippen LogP contribution in [0.2, 0.25) is 0 Å². The summed E-state index contributed by atoms with van der Waals surface area (Å²) in [6.45, 7) is 0. The first kappa shape index (κ1) is 14.7. The van der Waals surface area contributed by atoms with Crippen molar-refractivity contribution in [2.45, 2.75) is 38.5 Å². The standard InChI is InChI=1S/C13H20O5/c1-17-12(15)10(13(16)18-2)8-9-6-4-3-5-7-11(9)14/h9-10H,3-8H2,1-2H3. The number of hydrogen-bond acceptors (Lipinski definition) is 5. The number of esters is 2. The Kier molecular flexibility index (Phi) is 5.82. The van der Waals surface area contributed by atoms with E-state index >= 15 is 0 Å². The monoisotopic (exact) mass is 256 g/mol. The summed E-state index contributed by atoms with van der Waals surface area (Å²) < 4.78 is 9.18. The smallest absolute Gasteiger partial charge is 0.320 e. The predicted molar refractivity (Wildman–Crippen MR) is 63.7 cm³/mol. The number of ether oxygens (including phenoxy) is 2. The van der Waals surface area contributed by atoms with Gasteiger partial charge in [-0.3, -0.25) is 14.4 Å². The zero-order valence-corrected chi connectivity index (χ0v) is 10.9. The average molecular weight is 256 g/mol. The van der Waals surface area contributed by atoms with Gasteiger partial charge in [-0.15, -0.1) is 0 Å². The second-order valence-corrected chi connectivity index (χ2v) is 4.60. The van der Waals surface area contributed by atoms with Crippen LogP contribution >= 0.6 is 0 Å². The predicted octanol–water partition coefficient (Wildman–Crippen LogP) is 1.49. The van der Waals surface area contributed by atoms with Crippen LogP contribution in [0.4, 0.5) is 0 Å². The molecule has 5 heteroatoms. The molecule has 1 saturated carbocycles. The molecule has 0 bridgehead atoms. The molecule has 102 valence electrons. The molecule has 0 N–H and O–H groups in total. The molecule has 1 aliphatic carbocycles. The molecule has 0 radical (unpaired) electrons. The molecule has 1 atom stereocenters. The van der Waals surface area contributed by atoms with E-state index in [-0.39, 0.29) is 18.1 Å². The Morgan fingerprint density at radius 1 is 1.17 bits per heavy atom. The van der Waals surface area contributed by atoms with E-state index in [1.165, 1.54) is 14.2 Å². The van der Waals surface area contributed by atoms with E-state index in [0.29, 0.717) is 6.42 Å². The molecular formula is C13H20O5. The highest BCUT2D eigenvalue weighted by molar-refractivity contribution is 5.95. The van der Waals surface area contributed by atoms with E-state index in [1.807, 2.05) is 0 Å². The summed E-state index contributed by atoms with van der Waals surface area (Å²) in [5.74, 6) is -2.31. The summed E-state index contributed by atoms with van der Waals surface area (Å²) in [5.41, 5.74) is 0. The van der Waals surface area contributed by atoms with Crippen LogP contribution < -0.4 is 0 Å². The van der Waals surface area contributed by atoms with Crippen LogP contribution in [-0.4, -0.2) is 31.9 Å². The van der Waals surface area contributed by atoms with Gasteiger partial charge in [0.05, 0.1) is 14.2 Å². The van der Waals surface area contributed by atoms with Gasteiger partial charge < -0.3 is 9.47 Å². The van der Waals surface area contributed by atoms with Crippen LogP contribution in [0.15, 0.2) is 0 Å². The van der Waals surface area contributed by atoms with Crippen molar-refractivity contribution < 1.29 is 23.9 Å². The van der Waals surface area contributed by atoms with Crippen LogP contribution in [0.3, 0.4) is 0 Å². The molecule has 1 unspecified atom stereocenters. The number of carbonyl (C=O) groups excluding carboxylic acids is 3. The summed E-state index contributed by atoms with van der Waals surface area (Å²) in [5, 5.41) is 0. The lowest BCUT2D eigenvalue weighted by Crippen LogP contribution is -2.30. The van der Waals surface area contributed by atoms with Crippen LogP contribution in [0, 0.1) is 11.8 Å². The molecular weight excluding hydrogens is 236 g/mol. The van der Waals surface area contributed by atoms with Crippen LogP contribution in [0.25, 0.3) is 0 Å². The lowest BCUT2D eigenvalue weighted by Gasteiger charge is -2.18. The van der Waals surface area contributed by atoms with Crippen LogP contribution in [-0.2, 0) is 23.9 Å². The highest BCUT2D eigenvalue weighted by atomic mass is 16.5. The number of hydrogen-bond donors (Lipinski definition) is 0. The highest BCUT2D eigenvalue weighted by Crippen LogP contribution is 2.26. The number of methoxy groups -OCH3 is 2. The van der Waals surface area contributed by atoms with Gasteiger partial charge in [0, 0.05) is 12.3 Å². The number of rotatable bonds is 4.